The van der Waals surface area contributed by atoms with E-state index in [1.54, 1.807) is 0 Å². The van der Waals surface area contributed by atoms with Crippen molar-refractivity contribution < 1.29 is 9.90 Å². The van der Waals surface area contributed by atoms with Crippen molar-refractivity contribution >= 4 is 5.91 Å². The number of nitrogens with zero attached hydrogens (tertiary/aromatic N) is 1. The van der Waals surface area contributed by atoms with E-state index in [4.69, 9.17) is 0 Å². The van der Waals surface area contributed by atoms with Crippen molar-refractivity contribution in [2.75, 3.05) is 0 Å². The topological polar surface area (TPSA) is 62.2 Å². The Morgan fingerprint density at radius 2 is 1.81 bits per heavy atom. The van der Waals surface area contributed by atoms with Crippen LogP contribution in [0.2, 0.25) is 0 Å². The Morgan fingerprint density at radius 3 is 2.61 bits per heavy atom. The van der Waals surface area contributed by atoms with Crippen molar-refractivity contribution in [3.63, 3.8) is 0 Å². The molecule has 1 fully saturated rings. The molecule has 1 heterocycles. The average molecular weight is 415 g/mol. The van der Waals surface area contributed by atoms with Crippen LogP contribution < -0.4 is 5.32 Å². The zero-order valence-electron chi connectivity index (χ0n) is 18.1. The summed E-state index contributed by atoms with van der Waals surface area (Å²) in [5.74, 6) is -0.0973. The first-order valence-corrected chi connectivity index (χ1v) is 11.2. The van der Waals surface area contributed by atoms with Gasteiger partial charge >= 0.3 is 0 Å². The lowest BCUT2D eigenvalue weighted by atomic mass is 9.92. The van der Waals surface area contributed by atoms with Crippen LogP contribution in [0.25, 0.3) is 11.1 Å². The average Bonchev–Trinajstić information content (AvgIpc) is 2.81. The number of aryl methyl sites for hydroxylation is 3. The number of rotatable bonds is 6. The van der Waals surface area contributed by atoms with E-state index in [1.807, 2.05) is 48.8 Å². The van der Waals surface area contributed by atoms with Gasteiger partial charge in [0.1, 0.15) is 0 Å². The Bertz CT molecular complexity index is 1030. The van der Waals surface area contributed by atoms with E-state index in [2.05, 4.69) is 35.4 Å². The number of aliphatic hydroxyl groups is 1. The number of hydrogen-bond donors (Lipinski definition) is 2. The van der Waals surface area contributed by atoms with Crippen molar-refractivity contribution in [1.29, 1.82) is 0 Å². The Balaban J connectivity index is 1.44. The maximum Gasteiger partial charge on any atom is 0.251 e. The van der Waals surface area contributed by atoms with Gasteiger partial charge in [-0.05, 0) is 73.1 Å². The summed E-state index contributed by atoms with van der Waals surface area (Å²) in [5, 5.41) is 13.2. The lowest BCUT2D eigenvalue weighted by Crippen LogP contribution is -2.45. The fourth-order valence-corrected chi connectivity index (χ4v) is 4.31. The summed E-state index contributed by atoms with van der Waals surface area (Å²) in [5.41, 5.74) is 6.48. The molecule has 0 aliphatic heterocycles. The highest BCUT2D eigenvalue weighted by atomic mass is 16.3. The van der Waals surface area contributed by atoms with Crippen molar-refractivity contribution in [3.05, 3.63) is 89.2 Å². The Labute approximate surface area is 184 Å². The molecule has 3 aromatic rings. The molecule has 2 atom stereocenters. The summed E-state index contributed by atoms with van der Waals surface area (Å²) < 4.78 is 0. The fraction of sp³-hybridized carbons (Fsp3) is 0.333. The highest BCUT2D eigenvalue weighted by Gasteiger charge is 2.25. The van der Waals surface area contributed by atoms with Crippen LogP contribution in [0.4, 0.5) is 0 Å². The predicted octanol–water partition coefficient (Wildman–Crippen LogP) is 4.88. The molecule has 1 aliphatic rings. The molecule has 0 unspecified atom stereocenters. The van der Waals surface area contributed by atoms with Gasteiger partial charge in [0.15, 0.2) is 0 Å². The largest absolute Gasteiger partial charge is 0.391 e. The van der Waals surface area contributed by atoms with E-state index in [0.29, 0.717) is 5.56 Å². The number of amides is 1. The van der Waals surface area contributed by atoms with E-state index in [9.17, 15) is 9.90 Å². The fourth-order valence-electron chi connectivity index (χ4n) is 4.31. The predicted molar refractivity (Wildman–Crippen MR) is 124 cm³/mol. The molecule has 0 spiro atoms. The van der Waals surface area contributed by atoms with Gasteiger partial charge in [-0.3, -0.25) is 9.78 Å². The monoisotopic (exact) mass is 414 g/mol. The van der Waals surface area contributed by atoms with E-state index in [0.717, 1.165) is 49.7 Å². The molecule has 1 aliphatic carbocycles. The van der Waals surface area contributed by atoms with Crippen LogP contribution in [0.1, 0.15) is 52.7 Å². The van der Waals surface area contributed by atoms with Gasteiger partial charge in [-0.2, -0.15) is 0 Å². The SMILES string of the molecule is Cc1ccc(C(=O)N[C@H]2CCCC[C@@H]2O)cc1CCc1cncc(-c2ccccc2)c1. The normalized spacial score (nSPS) is 18.5. The van der Waals surface area contributed by atoms with Gasteiger partial charge in [-0.1, -0.05) is 49.2 Å². The molecule has 0 saturated heterocycles. The standard InChI is InChI=1S/C27H30N2O2/c1-19-11-13-23(27(31)29-25-9-5-6-10-26(25)30)16-22(19)14-12-20-15-24(18-28-17-20)21-7-3-2-4-8-21/h2-4,7-8,11,13,15-18,25-26,30H,5-6,9-10,12,14H2,1H3,(H,29,31)/t25-,26-/m0/s1. The Morgan fingerprint density at radius 1 is 1.00 bits per heavy atom. The number of hydrogen-bond acceptors (Lipinski definition) is 3. The number of benzene rings is 2. The molecule has 1 amide bonds. The van der Waals surface area contributed by atoms with Crippen LogP contribution in [0.5, 0.6) is 0 Å². The first-order chi connectivity index (χ1) is 15.1. The summed E-state index contributed by atoms with van der Waals surface area (Å²) in [6, 6.07) is 18.2. The van der Waals surface area contributed by atoms with Crippen LogP contribution >= 0.6 is 0 Å². The number of aliphatic hydroxyl groups excluding tert-OH is 1. The first-order valence-electron chi connectivity index (χ1n) is 11.2. The Hall–Kier alpha value is -2.98. The summed E-state index contributed by atoms with van der Waals surface area (Å²) in [7, 11) is 0. The number of carbonyl (C=O) groups is 1. The smallest absolute Gasteiger partial charge is 0.251 e. The molecular formula is C27H30N2O2. The van der Waals surface area contributed by atoms with Gasteiger partial charge in [0.05, 0.1) is 12.1 Å². The molecule has 1 saturated carbocycles. The van der Waals surface area contributed by atoms with E-state index < -0.39 is 6.10 Å². The minimum Gasteiger partial charge on any atom is -0.391 e. The van der Waals surface area contributed by atoms with Gasteiger partial charge in [-0.15, -0.1) is 0 Å². The Kier molecular flexibility index (Phi) is 6.78. The number of pyridine rings is 1. The minimum absolute atomic E-state index is 0.0973. The zero-order chi connectivity index (χ0) is 21.6. The number of aromatic nitrogens is 1. The summed E-state index contributed by atoms with van der Waals surface area (Å²) >= 11 is 0. The van der Waals surface area contributed by atoms with Gasteiger partial charge in [0.25, 0.3) is 5.91 Å². The molecule has 2 N–H and O–H groups in total. The molecule has 4 rings (SSSR count). The second-order valence-electron chi connectivity index (χ2n) is 8.52. The van der Waals surface area contributed by atoms with Crippen LogP contribution in [0.3, 0.4) is 0 Å². The molecule has 0 bridgehead atoms. The van der Waals surface area contributed by atoms with Crippen LogP contribution in [-0.4, -0.2) is 28.1 Å². The minimum atomic E-state index is -0.438. The maximum atomic E-state index is 12.8. The molecule has 0 radical (unpaired) electrons. The first kappa shape index (κ1) is 21.3. The third-order valence-electron chi connectivity index (χ3n) is 6.24. The van der Waals surface area contributed by atoms with Crippen molar-refractivity contribution in [1.82, 2.24) is 10.3 Å². The molecule has 31 heavy (non-hydrogen) atoms. The molecule has 160 valence electrons. The third-order valence-corrected chi connectivity index (χ3v) is 6.24. The second kappa shape index (κ2) is 9.88. The summed E-state index contributed by atoms with van der Waals surface area (Å²) in [4.78, 5) is 17.2. The van der Waals surface area contributed by atoms with Gasteiger partial charge in [0, 0.05) is 23.5 Å². The summed E-state index contributed by atoms with van der Waals surface area (Å²) in [6.07, 6.45) is 8.78. The van der Waals surface area contributed by atoms with Gasteiger partial charge < -0.3 is 10.4 Å². The van der Waals surface area contributed by atoms with Crippen molar-refractivity contribution in [3.8, 4) is 11.1 Å². The molecule has 4 heteroatoms. The van der Waals surface area contributed by atoms with Crippen LogP contribution in [-0.2, 0) is 12.8 Å². The molecular weight excluding hydrogens is 384 g/mol. The molecule has 2 aromatic carbocycles. The van der Waals surface area contributed by atoms with E-state index in [1.165, 1.54) is 16.7 Å². The lowest BCUT2D eigenvalue weighted by molar-refractivity contribution is 0.0717. The van der Waals surface area contributed by atoms with Gasteiger partial charge in [0.2, 0.25) is 0 Å². The van der Waals surface area contributed by atoms with Crippen molar-refractivity contribution in [2.24, 2.45) is 0 Å². The molecule has 4 nitrogen and oxygen atoms in total. The van der Waals surface area contributed by atoms with Crippen LogP contribution in [0.15, 0.2) is 67.0 Å². The third kappa shape index (κ3) is 5.39. The molecule has 1 aromatic heterocycles. The lowest BCUT2D eigenvalue weighted by Gasteiger charge is -2.28. The van der Waals surface area contributed by atoms with Crippen molar-refractivity contribution in [2.45, 2.75) is 57.6 Å². The highest BCUT2D eigenvalue weighted by Crippen LogP contribution is 2.22. The van der Waals surface area contributed by atoms with Crippen LogP contribution in [0, 0.1) is 6.92 Å². The van der Waals surface area contributed by atoms with Gasteiger partial charge in [-0.25, -0.2) is 0 Å². The zero-order valence-corrected chi connectivity index (χ0v) is 18.1. The quantitative estimate of drug-likeness (QED) is 0.605. The number of carbonyl (C=O) groups excluding carboxylic acids is 1. The van der Waals surface area contributed by atoms with E-state index >= 15 is 0 Å². The number of nitrogens with one attached hydrogen (secondary N) is 1. The van der Waals surface area contributed by atoms with E-state index in [-0.39, 0.29) is 11.9 Å². The highest BCUT2D eigenvalue weighted by molar-refractivity contribution is 5.94. The summed E-state index contributed by atoms with van der Waals surface area (Å²) in [6.45, 7) is 2.08. The maximum absolute atomic E-state index is 12.8. The second-order valence-corrected chi connectivity index (χ2v) is 8.52.